The third-order valence-electron chi connectivity index (χ3n) is 3.29. The number of carboxylic acid groups (broad SMARTS) is 1. The van der Waals surface area contributed by atoms with Gasteiger partial charge >= 0.3 is 5.97 Å². The van der Waals surface area contributed by atoms with E-state index in [2.05, 4.69) is 23.3 Å². The van der Waals surface area contributed by atoms with Crippen molar-refractivity contribution in [1.29, 1.82) is 0 Å². The van der Waals surface area contributed by atoms with Crippen molar-refractivity contribution in [2.75, 3.05) is 25.4 Å². The summed E-state index contributed by atoms with van der Waals surface area (Å²) in [5.41, 5.74) is 5.29. The van der Waals surface area contributed by atoms with Crippen LogP contribution in [0, 0.1) is 0 Å². The van der Waals surface area contributed by atoms with E-state index in [1.54, 1.807) is 0 Å². The minimum absolute atomic E-state index is 0.0591. The van der Waals surface area contributed by atoms with Crippen molar-refractivity contribution in [2.24, 2.45) is 5.73 Å². The average Bonchev–Trinajstić information content (AvgIpc) is 2.98. The van der Waals surface area contributed by atoms with E-state index in [9.17, 15) is 19.2 Å². The lowest BCUT2D eigenvalue weighted by Crippen LogP contribution is -2.51. The number of thiol groups is 1. The minimum Gasteiger partial charge on any atom is -0.480 e. The second kappa shape index (κ2) is 8.59. The fourth-order valence-electron chi connectivity index (χ4n) is 2.17. The number of likely N-dealkylation sites (tertiary alicyclic amines) is 1. The summed E-state index contributed by atoms with van der Waals surface area (Å²) in [6.45, 7) is -0.0783. The third kappa shape index (κ3) is 4.88. The van der Waals surface area contributed by atoms with Gasteiger partial charge in [0.15, 0.2) is 0 Å². The molecule has 1 saturated heterocycles. The molecule has 0 aliphatic carbocycles. The average molecular weight is 332 g/mol. The first-order valence-electron chi connectivity index (χ1n) is 6.81. The number of nitrogens with one attached hydrogen (secondary N) is 2. The molecule has 124 valence electrons. The normalized spacial score (nSPS) is 18.6. The highest BCUT2D eigenvalue weighted by Gasteiger charge is 2.33. The Hall–Kier alpha value is -1.81. The van der Waals surface area contributed by atoms with Crippen molar-refractivity contribution in [3.63, 3.8) is 0 Å². The fourth-order valence-corrected chi connectivity index (χ4v) is 2.42. The van der Waals surface area contributed by atoms with Gasteiger partial charge in [0.05, 0.1) is 13.1 Å². The topological polar surface area (TPSA) is 142 Å². The van der Waals surface area contributed by atoms with Crippen LogP contribution in [-0.2, 0) is 19.2 Å². The predicted octanol–water partition coefficient (Wildman–Crippen LogP) is -2.45. The van der Waals surface area contributed by atoms with Gasteiger partial charge in [0.2, 0.25) is 17.7 Å². The van der Waals surface area contributed by atoms with Crippen LogP contribution in [0.3, 0.4) is 0 Å². The summed E-state index contributed by atoms with van der Waals surface area (Å²) >= 11 is 3.82. The maximum Gasteiger partial charge on any atom is 0.327 e. The summed E-state index contributed by atoms with van der Waals surface area (Å²) < 4.78 is 0. The molecule has 1 aliphatic heterocycles. The van der Waals surface area contributed by atoms with Crippen molar-refractivity contribution in [1.82, 2.24) is 15.5 Å². The summed E-state index contributed by atoms with van der Waals surface area (Å²) in [6, 6.07) is -1.75. The lowest BCUT2D eigenvalue weighted by Gasteiger charge is -2.23. The van der Waals surface area contributed by atoms with E-state index in [1.165, 1.54) is 4.90 Å². The van der Waals surface area contributed by atoms with Gasteiger partial charge in [-0.3, -0.25) is 14.4 Å². The van der Waals surface area contributed by atoms with Crippen LogP contribution in [-0.4, -0.2) is 71.2 Å². The molecule has 0 aromatic rings. The van der Waals surface area contributed by atoms with E-state index in [4.69, 9.17) is 10.8 Å². The zero-order valence-corrected chi connectivity index (χ0v) is 12.8. The van der Waals surface area contributed by atoms with Crippen molar-refractivity contribution < 1.29 is 24.3 Å². The zero-order valence-electron chi connectivity index (χ0n) is 11.9. The number of rotatable bonds is 7. The number of carbonyl (C=O) groups is 4. The lowest BCUT2D eigenvalue weighted by molar-refractivity contribution is -0.141. The Labute approximate surface area is 133 Å². The number of nitrogens with zero attached hydrogens (tertiary/aromatic N) is 1. The first-order valence-corrected chi connectivity index (χ1v) is 7.44. The van der Waals surface area contributed by atoms with Crippen molar-refractivity contribution >= 4 is 36.3 Å². The Kier molecular flexibility index (Phi) is 7.12. The molecule has 5 N–H and O–H groups in total. The van der Waals surface area contributed by atoms with Crippen molar-refractivity contribution in [2.45, 2.75) is 24.9 Å². The first kappa shape index (κ1) is 18.2. The van der Waals surface area contributed by atoms with Crippen LogP contribution in [0.4, 0.5) is 0 Å². The molecule has 22 heavy (non-hydrogen) atoms. The van der Waals surface area contributed by atoms with Gasteiger partial charge < -0.3 is 26.4 Å². The SMILES string of the molecule is NCC(=O)N1CCC[C@H]1C(=O)NCC(=O)N[C@@H](CS)C(=O)O. The molecule has 1 fully saturated rings. The second-order valence-corrected chi connectivity index (χ2v) is 5.17. The highest BCUT2D eigenvalue weighted by molar-refractivity contribution is 7.80. The molecule has 2 atom stereocenters. The molecule has 0 saturated carbocycles. The van der Waals surface area contributed by atoms with Gasteiger partial charge in [0, 0.05) is 12.3 Å². The molecule has 0 aromatic heterocycles. The Bertz CT molecular complexity index is 459. The predicted molar refractivity (Wildman–Crippen MR) is 80.2 cm³/mol. The summed E-state index contributed by atoms with van der Waals surface area (Å²) in [5, 5.41) is 13.4. The summed E-state index contributed by atoms with van der Waals surface area (Å²) in [5.74, 6) is -2.67. The van der Waals surface area contributed by atoms with Crippen LogP contribution in [0.5, 0.6) is 0 Å². The largest absolute Gasteiger partial charge is 0.480 e. The van der Waals surface area contributed by atoms with Crippen molar-refractivity contribution in [3.8, 4) is 0 Å². The molecule has 9 nitrogen and oxygen atoms in total. The molecular weight excluding hydrogens is 312 g/mol. The highest BCUT2D eigenvalue weighted by atomic mass is 32.1. The van der Waals surface area contributed by atoms with Gasteiger partial charge in [-0.1, -0.05) is 0 Å². The van der Waals surface area contributed by atoms with Gasteiger partial charge in [-0.2, -0.15) is 12.6 Å². The molecular formula is C12H20N4O5S. The Balaban J connectivity index is 2.46. The van der Waals surface area contributed by atoms with Gasteiger partial charge in [-0.05, 0) is 12.8 Å². The summed E-state index contributed by atoms with van der Waals surface area (Å²) in [6.07, 6.45) is 1.20. The summed E-state index contributed by atoms with van der Waals surface area (Å²) in [4.78, 5) is 47.3. The van der Waals surface area contributed by atoms with E-state index in [1.807, 2.05) is 0 Å². The van der Waals surface area contributed by atoms with Crippen LogP contribution < -0.4 is 16.4 Å². The highest BCUT2D eigenvalue weighted by Crippen LogP contribution is 2.17. The standard InChI is InChI=1S/C12H20N4O5S/c13-4-10(18)16-3-1-2-8(16)11(19)14-5-9(17)15-7(6-22)12(20)21/h7-8,22H,1-6,13H2,(H,14,19)(H,15,17)(H,20,21)/t7-,8-/m0/s1. The molecule has 0 radical (unpaired) electrons. The molecule has 0 aromatic carbocycles. The fraction of sp³-hybridized carbons (Fsp3) is 0.667. The smallest absolute Gasteiger partial charge is 0.327 e. The lowest BCUT2D eigenvalue weighted by atomic mass is 10.2. The molecule has 10 heteroatoms. The zero-order chi connectivity index (χ0) is 16.7. The van der Waals surface area contributed by atoms with Crippen molar-refractivity contribution in [3.05, 3.63) is 0 Å². The van der Waals surface area contributed by atoms with Crippen LogP contribution in [0.1, 0.15) is 12.8 Å². The number of nitrogens with two attached hydrogens (primary N) is 1. The third-order valence-corrected chi connectivity index (χ3v) is 3.65. The number of aliphatic carboxylic acids is 1. The molecule has 0 spiro atoms. The van der Waals surface area contributed by atoms with Crippen LogP contribution in [0.15, 0.2) is 0 Å². The number of hydrogen-bond donors (Lipinski definition) is 5. The van der Waals surface area contributed by atoms with Crippen LogP contribution >= 0.6 is 12.6 Å². The Morgan fingerprint density at radius 1 is 1.36 bits per heavy atom. The summed E-state index contributed by atoms with van der Waals surface area (Å²) in [7, 11) is 0. The number of hydrogen-bond acceptors (Lipinski definition) is 6. The Morgan fingerprint density at radius 2 is 2.05 bits per heavy atom. The van der Waals surface area contributed by atoms with Gasteiger partial charge in [-0.25, -0.2) is 4.79 Å². The minimum atomic E-state index is -1.20. The quantitative estimate of drug-likeness (QED) is 0.328. The molecule has 0 bridgehead atoms. The van der Waals surface area contributed by atoms with E-state index >= 15 is 0 Å². The number of amides is 3. The van der Waals surface area contributed by atoms with Gasteiger partial charge in [0.25, 0.3) is 0 Å². The van der Waals surface area contributed by atoms with E-state index in [0.717, 1.165) is 0 Å². The van der Waals surface area contributed by atoms with Crippen LogP contribution in [0.25, 0.3) is 0 Å². The molecule has 1 heterocycles. The second-order valence-electron chi connectivity index (χ2n) is 4.81. The number of carbonyl (C=O) groups excluding carboxylic acids is 3. The maximum absolute atomic E-state index is 12.0. The number of carboxylic acids is 1. The maximum atomic E-state index is 12.0. The first-order chi connectivity index (χ1) is 10.4. The van der Waals surface area contributed by atoms with E-state index < -0.39 is 29.9 Å². The van der Waals surface area contributed by atoms with Crippen LogP contribution in [0.2, 0.25) is 0 Å². The van der Waals surface area contributed by atoms with E-state index in [-0.39, 0.29) is 24.7 Å². The molecule has 1 aliphatic rings. The molecule has 1 rings (SSSR count). The molecule has 3 amide bonds. The molecule has 0 unspecified atom stereocenters. The van der Waals surface area contributed by atoms with Gasteiger partial charge in [-0.15, -0.1) is 0 Å². The monoisotopic (exact) mass is 332 g/mol. The van der Waals surface area contributed by atoms with Gasteiger partial charge in [0.1, 0.15) is 12.1 Å². The Morgan fingerprint density at radius 3 is 2.59 bits per heavy atom. The van der Waals surface area contributed by atoms with E-state index in [0.29, 0.717) is 19.4 Å².